The second-order valence-corrected chi connectivity index (χ2v) is 27.6. The Morgan fingerprint density at radius 2 is 0.875 bits per heavy atom. The van der Waals surface area contributed by atoms with Gasteiger partial charge >= 0.3 is 0 Å². The highest BCUT2D eigenvalue weighted by Gasteiger charge is 2.38. The summed E-state index contributed by atoms with van der Waals surface area (Å²) in [4.78, 5) is 38.5. The molecule has 530 valence electrons. The van der Waals surface area contributed by atoms with Gasteiger partial charge in [-0.1, -0.05) is 127 Å². The molecule has 1 atom stereocenters. The molecule has 24 rings (SSSR count). The highest BCUT2D eigenvalue weighted by molar-refractivity contribution is 6.15. The molecule has 9 aromatic carbocycles. The number of aromatic nitrogens is 11. The van der Waals surface area contributed by atoms with Crippen molar-refractivity contribution in [2.45, 2.75) is 12.5 Å². The summed E-state index contributed by atoms with van der Waals surface area (Å²) >= 11 is 0. The minimum Gasteiger partial charge on any atom is -0.469 e. The van der Waals surface area contributed by atoms with Gasteiger partial charge in [0.1, 0.15) is 34.1 Å². The predicted molar refractivity (Wildman–Crippen MR) is 445 cm³/mol. The maximum atomic E-state index is 5.72. The Hall–Kier alpha value is -15.4. The predicted octanol–water partition coefficient (Wildman–Crippen LogP) is 23.3. The molecule has 0 saturated heterocycles. The number of para-hydroxylation sites is 4. The molecule has 16 heteroatoms. The minimum atomic E-state index is 0.197. The fraction of sp³-hybridized carbons (Fsp3) is 0.0208. The fourth-order valence-corrected chi connectivity index (χ4v) is 16.0. The van der Waals surface area contributed by atoms with E-state index in [0.717, 1.165) is 135 Å². The lowest BCUT2D eigenvalue weighted by Gasteiger charge is -2.29. The summed E-state index contributed by atoms with van der Waals surface area (Å²) in [6.07, 6.45) is 26.6. The summed E-state index contributed by atoms with van der Waals surface area (Å²) < 4.78 is 29.4. The third-order valence-corrected chi connectivity index (χ3v) is 21.1. The Kier molecular flexibility index (Phi) is 15.9. The highest BCUT2D eigenvalue weighted by atomic mass is 16.3. The standard InChI is InChI=1S/C25H16N2O.C24H15N3O.C24H17N3O.C23H14N4O/c1-2-7-23-20(5-1)21-15-18-12-14-28-25(18)16-24(21)27(23)19-10-8-17(9-11-19)22-6-3-4-13-26-22;1-2-6-21-19(5-1)20-12-17-8-11-28-23(17)14-22(20)27(21)24-13-16(7-10-26-24)18-4-3-9-25-15-18;1-2-6-16(7-3-1)24-25-14-18(15-26-24)27-21-9-5-4-8-19(21)20-12-17-10-11-28-23(17)13-22(20)27;1-2-6-19-17(5-1)18-12-15-8-11-28-21(15)13-20(18)27(19)22-7-10-25-23(26-22)16-4-3-9-24-14-16/h1-16H;1-15H;1-12,14-15,22H,13H2;1-14H. The second-order valence-electron chi connectivity index (χ2n) is 27.6. The van der Waals surface area contributed by atoms with Crippen molar-refractivity contribution in [3.63, 3.8) is 0 Å². The van der Waals surface area contributed by atoms with Crippen LogP contribution in [0, 0.1) is 0 Å². The zero-order valence-corrected chi connectivity index (χ0v) is 59.8. The summed E-state index contributed by atoms with van der Waals surface area (Å²) in [6.45, 7) is 0. The molecular formula is C96H62N12O4. The van der Waals surface area contributed by atoms with Crippen molar-refractivity contribution in [2.24, 2.45) is 0 Å². The van der Waals surface area contributed by atoms with E-state index in [1.54, 1.807) is 49.8 Å². The molecule has 0 bridgehead atoms. The number of furan rings is 4. The zero-order valence-electron chi connectivity index (χ0n) is 59.8. The molecule has 1 unspecified atom stereocenters. The van der Waals surface area contributed by atoms with Crippen molar-refractivity contribution in [3.05, 3.63) is 371 Å². The van der Waals surface area contributed by atoms with Gasteiger partial charge in [0.25, 0.3) is 0 Å². The molecule has 0 radical (unpaired) electrons. The summed E-state index contributed by atoms with van der Waals surface area (Å²) in [5.41, 5.74) is 22.6. The zero-order chi connectivity index (χ0) is 74.0. The maximum Gasteiger partial charge on any atom is 0.163 e. The van der Waals surface area contributed by atoms with Gasteiger partial charge in [0.2, 0.25) is 0 Å². The van der Waals surface area contributed by atoms with E-state index in [0.29, 0.717) is 5.82 Å². The number of pyridine rings is 4. The van der Waals surface area contributed by atoms with Crippen LogP contribution >= 0.6 is 0 Å². The van der Waals surface area contributed by atoms with Crippen LogP contribution in [0.1, 0.15) is 16.9 Å². The Balaban J connectivity index is 0.0000000943. The fourth-order valence-electron chi connectivity index (χ4n) is 16.0. The smallest absolute Gasteiger partial charge is 0.163 e. The van der Waals surface area contributed by atoms with Gasteiger partial charge in [-0.3, -0.25) is 24.1 Å². The number of hydrogen-bond acceptors (Lipinski definition) is 13. The average Bonchev–Trinajstić information content (AvgIpc) is 1.60. The monoisotopic (exact) mass is 1450 g/mol. The SMILES string of the molecule is C1=C2c3ccccc3N(c3cnc(-c4ccccc4)nc3)C2Cc2occc21.c1ccc(-c2ccc(-n3c4ccccc4c4cc5ccoc5cc43)cc2)nc1.c1cncc(-c2ccnc(-n3c4ccccc4c4cc5ccoc5cc43)c2)c1.c1cncc(-c2nccc(-n3c4ccccc4c4cc5ccoc5cc43)n2)c1. The van der Waals surface area contributed by atoms with Crippen molar-refractivity contribution >= 4 is 121 Å². The minimum absolute atomic E-state index is 0.197. The molecule has 0 spiro atoms. The van der Waals surface area contributed by atoms with Crippen LogP contribution in [-0.4, -0.2) is 59.6 Å². The first-order valence-electron chi connectivity index (χ1n) is 36.9. The first-order chi connectivity index (χ1) is 55.5. The van der Waals surface area contributed by atoms with Gasteiger partial charge in [0.15, 0.2) is 11.6 Å². The topological polar surface area (TPSA) is 174 Å². The van der Waals surface area contributed by atoms with Gasteiger partial charge in [-0.25, -0.2) is 24.9 Å². The van der Waals surface area contributed by atoms with Crippen molar-refractivity contribution in [1.82, 2.24) is 53.6 Å². The Labute approximate surface area is 639 Å². The van der Waals surface area contributed by atoms with E-state index in [1.165, 1.54) is 60.2 Å². The number of anilines is 2. The largest absolute Gasteiger partial charge is 0.469 e. The van der Waals surface area contributed by atoms with E-state index in [1.807, 2.05) is 140 Å². The number of hydrogen-bond donors (Lipinski definition) is 0. The second kappa shape index (κ2) is 27.4. The van der Waals surface area contributed by atoms with Crippen LogP contribution in [-0.2, 0) is 6.42 Å². The lowest BCUT2D eigenvalue weighted by atomic mass is 9.91. The molecule has 0 saturated carbocycles. The van der Waals surface area contributed by atoms with E-state index in [4.69, 9.17) is 22.7 Å². The van der Waals surface area contributed by atoms with Crippen molar-refractivity contribution in [2.75, 3.05) is 4.90 Å². The molecule has 22 aromatic rings. The molecule has 14 heterocycles. The van der Waals surface area contributed by atoms with E-state index in [-0.39, 0.29) is 6.04 Å². The van der Waals surface area contributed by atoms with Crippen LogP contribution in [0.5, 0.6) is 0 Å². The van der Waals surface area contributed by atoms with Gasteiger partial charge in [-0.05, 0) is 145 Å². The number of benzene rings is 9. The third kappa shape index (κ3) is 11.5. The van der Waals surface area contributed by atoms with E-state index < -0.39 is 0 Å². The van der Waals surface area contributed by atoms with Gasteiger partial charge in [0, 0.05) is 161 Å². The van der Waals surface area contributed by atoms with Crippen molar-refractivity contribution in [1.29, 1.82) is 0 Å². The lowest BCUT2D eigenvalue weighted by molar-refractivity contribution is 0.498. The molecule has 112 heavy (non-hydrogen) atoms. The summed E-state index contributed by atoms with van der Waals surface area (Å²) in [5, 5.41) is 10.6. The highest BCUT2D eigenvalue weighted by Crippen LogP contribution is 2.49. The van der Waals surface area contributed by atoms with Crippen LogP contribution in [0.2, 0.25) is 0 Å². The maximum absolute atomic E-state index is 5.72. The molecule has 0 fully saturated rings. The van der Waals surface area contributed by atoms with Crippen LogP contribution in [0.25, 0.3) is 172 Å². The quantitative estimate of drug-likeness (QED) is 0.141. The first-order valence-corrected chi connectivity index (χ1v) is 36.9. The molecular weight excluding hydrogens is 1390 g/mol. The molecule has 13 aromatic heterocycles. The molecule has 1 aliphatic carbocycles. The number of nitrogens with zero attached hydrogens (tertiary/aromatic N) is 12. The lowest BCUT2D eigenvalue weighted by Crippen LogP contribution is -2.30. The molecule has 16 nitrogen and oxygen atoms in total. The van der Waals surface area contributed by atoms with Gasteiger partial charge < -0.3 is 27.1 Å². The Bertz CT molecular complexity index is 7080. The molecule has 0 amide bonds. The van der Waals surface area contributed by atoms with Crippen LogP contribution < -0.4 is 4.90 Å². The third-order valence-electron chi connectivity index (χ3n) is 21.1. The van der Waals surface area contributed by atoms with Gasteiger partial charge in [0.05, 0.1) is 88.0 Å². The molecule has 0 N–H and O–H groups in total. The first kappa shape index (κ1) is 64.9. The molecule has 2 aliphatic rings. The van der Waals surface area contributed by atoms with Crippen LogP contribution in [0.15, 0.2) is 371 Å². The van der Waals surface area contributed by atoms with Gasteiger partial charge in [-0.2, -0.15) is 0 Å². The summed E-state index contributed by atoms with van der Waals surface area (Å²) in [6, 6.07) is 93.5. The van der Waals surface area contributed by atoms with Crippen LogP contribution in [0.4, 0.5) is 11.4 Å². The van der Waals surface area contributed by atoms with Gasteiger partial charge in [-0.15, -0.1) is 0 Å². The normalized spacial score (nSPS) is 12.9. The van der Waals surface area contributed by atoms with E-state index in [2.05, 4.69) is 223 Å². The van der Waals surface area contributed by atoms with Crippen LogP contribution in [0.3, 0.4) is 0 Å². The van der Waals surface area contributed by atoms with Crippen molar-refractivity contribution < 1.29 is 17.7 Å². The van der Waals surface area contributed by atoms with E-state index in [9.17, 15) is 0 Å². The van der Waals surface area contributed by atoms with E-state index >= 15 is 0 Å². The summed E-state index contributed by atoms with van der Waals surface area (Å²) in [7, 11) is 0. The Morgan fingerprint density at radius 1 is 0.321 bits per heavy atom. The number of rotatable bonds is 8. The van der Waals surface area contributed by atoms with Crippen molar-refractivity contribution in [3.8, 4) is 62.5 Å². The molecule has 1 aliphatic heterocycles. The average molecular weight is 1450 g/mol. The number of fused-ring (bicyclic) bond motifs is 16. The Morgan fingerprint density at radius 3 is 1.50 bits per heavy atom. The summed E-state index contributed by atoms with van der Waals surface area (Å²) in [5.74, 6) is 4.11.